The van der Waals surface area contributed by atoms with Gasteiger partial charge in [0.25, 0.3) is 0 Å². The molecule has 4 N–H and O–H groups in total. The molecule has 0 saturated carbocycles. The van der Waals surface area contributed by atoms with Gasteiger partial charge in [0, 0.05) is 35.4 Å². The normalized spacial score (nSPS) is 10.5. The fraction of sp³-hybridized carbons (Fsp3) is 0.154. The number of aliphatic hydroxyl groups excluding tert-OH is 1. The Morgan fingerprint density at radius 3 is 2.46 bits per heavy atom. The number of ether oxygens (including phenoxy) is 1. The number of rotatable bonds is 10. The summed E-state index contributed by atoms with van der Waals surface area (Å²) in [5.74, 6) is 0.760. The van der Waals surface area contributed by atoms with Crippen molar-refractivity contribution in [2.75, 3.05) is 24.3 Å². The van der Waals surface area contributed by atoms with Crippen molar-refractivity contribution in [3.05, 3.63) is 76.5 Å². The van der Waals surface area contributed by atoms with Crippen molar-refractivity contribution in [3.8, 4) is 29.0 Å². The molecule has 0 aliphatic heterocycles. The monoisotopic (exact) mass is 532 g/mol. The molecule has 2 aromatic heterocycles. The molecule has 186 valence electrons. The van der Waals surface area contributed by atoms with Crippen molar-refractivity contribution < 1.29 is 14.2 Å². The van der Waals surface area contributed by atoms with Crippen LogP contribution >= 0.6 is 23.1 Å². The second-order valence-electron chi connectivity index (χ2n) is 7.67. The predicted octanol–water partition coefficient (Wildman–Crippen LogP) is 5.47. The van der Waals surface area contributed by atoms with Crippen molar-refractivity contribution in [2.45, 2.75) is 17.2 Å². The van der Waals surface area contributed by atoms with E-state index in [1.165, 1.54) is 35.2 Å². The predicted molar refractivity (Wildman–Crippen MR) is 142 cm³/mol. The Kier molecular flexibility index (Phi) is 8.54. The third-order valence-electron chi connectivity index (χ3n) is 5.13. The lowest BCUT2D eigenvalue weighted by atomic mass is 9.97. The van der Waals surface area contributed by atoms with Gasteiger partial charge in [-0.2, -0.15) is 10.5 Å². The molecule has 0 radical (unpaired) electrons. The van der Waals surface area contributed by atoms with Crippen LogP contribution in [0.4, 0.5) is 21.0 Å². The van der Waals surface area contributed by atoms with E-state index >= 15 is 0 Å². The smallest absolute Gasteiger partial charge is 0.187 e. The van der Waals surface area contributed by atoms with E-state index in [4.69, 9.17) is 15.6 Å². The van der Waals surface area contributed by atoms with Gasteiger partial charge in [-0.15, -0.1) is 11.3 Å². The van der Waals surface area contributed by atoms with Crippen molar-refractivity contribution in [1.29, 1.82) is 10.5 Å². The molecule has 0 aliphatic carbocycles. The molecule has 0 saturated heterocycles. The van der Waals surface area contributed by atoms with Gasteiger partial charge < -0.3 is 20.9 Å². The van der Waals surface area contributed by atoms with Crippen LogP contribution in [0.3, 0.4) is 0 Å². The van der Waals surface area contributed by atoms with Crippen LogP contribution in [0.25, 0.3) is 11.1 Å². The number of nitriles is 2. The van der Waals surface area contributed by atoms with Crippen LogP contribution in [0.5, 0.6) is 5.75 Å². The summed E-state index contributed by atoms with van der Waals surface area (Å²) in [4.78, 5) is 8.88. The van der Waals surface area contributed by atoms with Crippen LogP contribution < -0.4 is 15.8 Å². The van der Waals surface area contributed by atoms with Gasteiger partial charge in [-0.25, -0.2) is 14.4 Å². The Bertz CT molecular complexity index is 1460. The van der Waals surface area contributed by atoms with E-state index in [1.807, 2.05) is 5.38 Å². The Balaban J connectivity index is 1.55. The van der Waals surface area contributed by atoms with Crippen LogP contribution in [-0.2, 0) is 5.75 Å². The zero-order valence-corrected chi connectivity index (χ0v) is 21.1. The third-order valence-corrected chi connectivity index (χ3v) is 6.95. The molecule has 2 aromatic carbocycles. The average molecular weight is 533 g/mol. The lowest BCUT2D eigenvalue weighted by Crippen LogP contribution is -2.04. The fourth-order valence-electron chi connectivity index (χ4n) is 3.39. The summed E-state index contributed by atoms with van der Waals surface area (Å²) in [6.07, 6.45) is 0.517. The number of hydrogen-bond acceptors (Lipinski definition) is 10. The second kappa shape index (κ2) is 12.2. The van der Waals surface area contributed by atoms with E-state index in [1.54, 1.807) is 36.4 Å². The van der Waals surface area contributed by atoms with Crippen molar-refractivity contribution in [1.82, 2.24) is 9.97 Å². The minimum Gasteiger partial charge on any atom is -0.494 e. The van der Waals surface area contributed by atoms with E-state index in [-0.39, 0.29) is 29.4 Å². The van der Waals surface area contributed by atoms with Gasteiger partial charge in [0.1, 0.15) is 40.1 Å². The van der Waals surface area contributed by atoms with Crippen LogP contribution in [0, 0.1) is 28.5 Å². The zero-order valence-electron chi connectivity index (χ0n) is 19.4. The van der Waals surface area contributed by atoms with Crippen LogP contribution in [0.15, 0.2) is 58.9 Å². The standard InChI is InChI=1S/C26H21FN6O2S2/c27-17-4-6-18(7-5-17)31-26-32-19(15-37-26)14-36-25-22(13-29)23(21(12-28)24(30)33-25)16-2-8-20(9-3-16)35-11-1-10-34/h2-9,15,34H,1,10-11,14H2,(H2,30,33)(H,31,32). The molecule has 4 rings (SSSR count). The van der Waals surface area contributed by atoms with Crippen LogP contribution in [-0.4, -0.2) is 28.3 Å². The quantitative estimate of drug-likeness (QED) is 0.179. The summed E-state index contributed by atoms with van der Waals surface area (Å²) in [5, 5.41) is 34.7. The molecule has 2 heterocycles. The number of nitrogen functional groups attached to an aromatic ring is 1. The fourth-order valence-corrected chi connectivity index (χ4v) is 5.12. The molecule has 0 atom stereocenters. The molecular weight excluding hydrogens is 511 g/mol. The average Bonchev–Trinajstić information content (AvgIpc) is 3.36. The molecule has 0 fully saturated rings. The summed E-state index contributed by atoms with van der Waals surface area (Å²) in [6, 6.07) is 17.2. The number of thioether (sulfide) groups is 1. The maximum Gasteiger partial charge on any atom is 0.187 e. The number of benzene rings is 2. The lowest BCUT2D eigenvalue weighted by molar-refractivity contribution is 0.233. The summed E-state index contributed by atoms with van der Waals surface area (Å²) < 4.78 is 18.7. The number of hydrogen-bond donors (Lipinski definition) is 3. The van der Waals surface area contributed by atoms with Gasteiger partial charge >= 0.3 is 0 Å². The number of nitrogens with zero attached hydrogens (tertiary/aromatic N) is 4. The van der Waals surface area contributed by atoms with Gasteiger partial charge in [0.2, 0.25) is 0 Å². The Hall–Kier alpha value is -4.16. The number of nitrogens with two attached hydrogens (primary N) is 1. The van der Waals surface area contributed by atoms with E-state index in [0.29, 0.717) is 45.8 Å². The van der Waals surface area contributed by atoms with E-state index in [2.05, 4.69) is 27.4 Å². The van der Waals surface area contributed by atoms with Gasteiger partial charge in [-0.1, -0.05) is 23.9 Å². The van der Waals surface area contributed by atoms with E-state index in [9.17, 15) is 14.9 Å². The van der Waals surface area contributed by atoms with E-state index < -0.39 is 0 Å². The molecular formula is C26H21FN6O2S2. The largest absolute Gasteiger partial charge is 0.494 e. The maximum atomic E-state index is 13.1. The summed E-state index contributed by atoms with van der Waals surface area (Å²) in [7, 11) is 0. The second-order valence-corrected chi connectivity index (χ2v) is 9.49. The molecule has 37 heavy (non-hydrogen) atoms. The number of aliphatic hydroxyl groups is 1. The zero-order chi connectivity index (χ0) is 26.2. The van der Waals surface area contributed by atoms with Gasteiger partial charge in [-0.05, 0) is 42.0 Å². The molecule has 8 nitrogen and oxygen atoms in total. The number of pyridine rings is 1. The third kappa shape index (κ3) is 6.35. The Labute approximate surface area is 221 Å². The Morgan fingerprint density at radius 2 is 1.78 bits per heavy atom. The number of halogens is 1. The van der Waals surface area contributed by atoms with Crippen molar-refractivity contribution in [2.24, 2.45) is 0 Å². The molecule has 0 spiro atoms. The number of thiazole rings is 1. The molecule has 0 amide bonds. The summed E-state index contributed by atoms with van der Waals surface area (Å²) in [6.45, 7) is 0.419. The lowest BCUT2D eigenvalue weighted by Gasteiger charge is -2.13. The molecule has 0 unspecified atom stereocenters. The van der Waals surface area contributed by atoms with E-state index in [0.717, 1.165) is 11.4 Å². The SMILES string of the molecule is N#Cc1c(N)nc(SCc2csc(Nc3ccc(F)cc3)n2)c(C#N)c1-c1ccc(OCCCO)cc1. The van der Waals surface area contributed by atoms with Gasteiger partial charge in [0.15, 0.2) is 5.13 Å². The molecule has 0 aliphatic rings. The number of anilines is 3. The highest BCUT2D eigenvalue weighted by Gasteiger charge is 2.21. The topological polar surface area (TPSA) is 141 Å². The highest BCUT2D eigenvalue weighted by atomic mass is 32.2. The van der Waals surface area contributed by atoms with Crippen molar-refractivity contribution >= 4 is 39.7 Å². The van der Waals surface area contributed by atoms with Crippen molar-refractivity contribution in [3.63, 3.8) is 0 Å². The molecule has 11 heteroatoms. The maximum absolute atomic E-state index is 13.1. The first-order chi connectivity index (χ1) is 18.0. The first kappa shape index (κ1) is 25.9. The van der Waals surface area contributed by atoms with Crippen LogP contribution in [0.1, 0.15) is 23.2 Å². The van der Waals surface area contributed by atoms with Gasteiger partial charge in [0.05, 0.1) is 17.9 Å². The summed E-state index contributed by atoms with van der Waals surface area (Å²) >= 11 is 2.70. The summed E-state index contributed by atoms with van der Waals surface area (Å²) in [5.41, 5.74) is 9.04. The minimum atomic E-state index is -0.314. The number of aromatic nitrogens is 2. The first-order valence-electron chi connectivity index (χ1n) is 11.1. The highest BCUT2D eigenvalue weighted by molar-refractivity contribution is 7.98. The molecule has 4 aromatic rings. The Morgan fingerprint density at radius 1 is 1.05 bits per heavy atom. The van der Waals surface area contributed by atoms with Crippen LogP contribution in [0.2, 0.25) is 0 Å². The number of nitrogens with one attached hydrogen (secondary N) is 1. The van der Waals surface area contributed by atoms with Gasteiger partial charge in [-0.3, -0.25) is 0 Å². The highest BCUT2D eigenvalue weighted by Crippen LogP contribution is 2.37. The molecule has 0 bridgehead atoms. The minimum absolute atomic E-state index is 0.0405. The first-order valence-corrected chi connectivity index (χ1v) is 13.0.